The maximum Gasteiger partial charge on any atom is 0.288 e. The van der Waals surface area contributed by atoms with Crippen molar-refractivity contribution in [3.8, 4) is 5.75 Å². The van der Waals surface area contributed by atoms with Gasteiger partial charge in [-0.3, -0.25) is 4.79 Å². The lowest BCUT2D eigenvalue weighted by atomic mass is 10.0. The standard InChI is InChI=1S/C20H16BrF2NO2S/c1-26-18-9-2-12-10-13(21)3-8-16(12)17(18)11-19(25)24-14-4-6-15(7-5-14)27-20(22)23/h2-10,20H,11H2,1H3,(H,24,25). The second-order valence-electron chi connectivity index (χ2n) is 5.74. The van der Waals surface area contributed by atoms with Crippen LogP contribution in [0.2, 0.25) is 0 Å². The number of nitrogens with one attached hydrogen (secondary N) is 1. The average molecular weight is 452 g/mol. The molecule has 0 saturated heterocycles. The molecule has 0 heterocycles. The molecule has 7 heteroatoms. The molecule has 3 aromatic carbocycles. The van der Waals surface area contributed by atoms with Crippen molar-refractivity contribution in [1.29, 1.82) is 0 Å². The molecule has 1 amide bonds. The summed E-state index contributed by atoms with van der Waals surface area (Å²) in [7, 11) is 1.57. The van der Waals surface area contributed by atoms with Gasteiger partial charge in [0.2, 0.25) is 5.91 Å². The zero-order valence-corrected chi connectivity index (χ0v) is 16.7. The molecule has 0 unspecified atom stereocenters. The molecule has 0 fully saturated rings. The summed E-state index contributed by atoms with van der Waals surface area (Å²) in [5.41, 5.74) is 1.35. The van der Waals surface area contributed by atoms with Crippen molar-refractivity contribution < 1.29 is 18.3 Å². The van der Waals surface area contributed by atoms with Gasteiger partial charge in [-0.05, 0) is 53.2 Å². The molecule has 3 aromatic rings. The summed E-state index contributed by atoms with van der Waals surface area (Å²) < 4.78 is 31.1. The molecule has 0 aliphatic heterocycles. The fourth-order valence-corrected chi connectivity index (χ4v) is 3.68. The van der Waals surface area contributed by atoms with E-state index in [0.717, 1.165) is 20.8 Å². The quantitative estimate of drug-likeness (QED) is 0.459. The number of anilines is 1. The van der Waals surface area contributed by atoms with Crippen molar-refractivity contribution in [2.45, 2.75) is 17.1 Å². The minimum absolute atomic E-state index is 0.135. The number of halogens is 3. The highest BCUT2D eigenvalue weighted by molar-refractivity contribution is 9.10. The molecule has 3 rings (SSSR count). The molecular formula is C20H16BrF2NO2S. The molecule has 0 aliphatic carbocycles. The van der Waals surface area contributed by atoms with Gasteiger partial charge in [-0.2, -0.15) is 8.78 Å². The number of thioether (sulfide) groups is 1. The third-order valence-electron chi connectivity index (χ3n) is 3.97. The Morgan fingerprint density at radius 1 is 1.15 bits per heavy atom. The Morgan fingerprint density at radius 3 is 2.56 bits per heavy atom. The Balaban J connectivity index is 1.79. The molecule has 0 spiro atoms. The third-order valence-corrected chi connectivity index (χ3v) is 5.19. The van der Waals surface area contributed by atoms with E-state index >= 15 is 0 Å². The highest BCUT2D eigenvalue weighted by Crippen LogP contribution is 2.31. The summed E-state index contributed by atoms with van der Waals surface area (Å²) in [6.45, 7) is 0. The normalized spacial score (nSPS) is 11.0. The molecule has 0 radical (unpaired) electrons. The summed E-state index contributed by atoms with van der Waals surface area (Å²) in [6, 6.07) is 16.0. The van der Waals surface area contributed by atoms with Crippen molar-refractivity contribution >= 4 is 50.1 Å². The molecule has 140 valence electrons. The first-order valence-corrected chi connectivity index (χ1v) is 9.73. The van der Waals surface area contributed by atoms with Crippen LogP contribution in [0.25, 0.3) is 10.8 Å². The van der Waals surface area contributed by atoms with Gasteiger partial charge in [0.1, 0.15) is 5.75 Å². The van der Waals surface area contributed by atoms with Gasteiger partial charge in [0, 0.05) is 20.6 Å². The average Bonchev–Trinajstić information content (AvgIpc) is 2.63. The number of hydrogen-bond donors (Lipinski definition) is 1. The van der Waals surface area contributed by atoms with E-state index in [1.165, 1.54) is 0 Å². The molecule has 0 atom stereocenters. The van der Waals surface area contributed by atoms with Crippen LogP contribution in [-0.2, 0) is 11.2 Å². The largest absolute Gasteiger partial charge is 0.496 e. The van der Waals surface area contributed by atoms with E-state index in [0.29, 0.717) is 28.1 Å². The van der Waals surface area contributed by atoms with Gasteiger partial charge in [0.05, 0.1) is 13.5 Å². The van der Waals surface area contributed by atoms with E-state index < -0.39 is 5.76 Å². The monoisotopic (exact) mass is 451 g/mol. The Kier molecular flexibility index (Phi) is 6.34. The number of hydrogen-bond acceptors (Lipinski definition) is 3. The molecule has 0 aromatic heterocycles. The molecule has 3 nitrogen and oxygen atoms in total. The zero-order chi connectivity index (χ0) is 19.4. The Labute approximate surface area is 168 Å². The number of fused-ring (bicyclic) bond motifs is 1. The Hall–Kier alpha value is -2.12. The summed E-state index contributed by atoms with van der Waals surface area (Å²) >= 11 is 3.92. The molecule has 1 N–H and O–H groups in total. The van der Waals surface area contributed by atoms with Crippen molar-refractivity contribution in [2.24, 2.45) is 0 Å². The van der Waals surface area contributed by atoms with Crippen LogP contribution < -0.4 is 10.1 Å². The van der Waals surface area contributed by atoms with E-state index in [1.54, 1.807) is 31.4 Å². The zero-order valence-electron chi connectivity index (χ0n) is 14.3. The van der Waals surface area contributed by atoms with Gasteiger partial charge in [-0.1, -0.05) is 39.8 Å². The predicted octanol–water partition coefficient (Wildman–Crippen LogP) is 6.11. The van der Waals surface area contributed by atoms with E-state index in [9.17, 15) is 13.6 Å². The summed E-state index contributed by atoms with van der Waals surface area (Å²) in [5.74, 6) is -2.04. The van der Waals surface area contributed by atoms with Gasteiger partial charge in [0.15, 0.2) is 0 Å². The van der Waals surface area contributed by atoms with Crippen LogP contribution in [-0.4, -0.2) is 18.8 Å². The summed E-state index contributed by atoms with van der Waals surface area (Å²) in [5, 5.41) is 4.74. The van der Waals surface area contributed by atoms with Crippen LogP contribution in [0.5, 0.6) is 5.75 Å². The van der Waals surface area contributed by atoms with E-state index in [2.05, 4.69) is 21.2 Å². The first-order valence-electron chi connectivity index (χ1n) is 8.06. The molecule has 0 bridgehead atoms. The molecule has 27 heavy (non-hydrogen) atoms. The van der Waals surface area contributed by atoms with Gasteiger partial charge >= 0.3 is 0 Å². The van der Waals surface area contributed by atoms with E-state index in [4.69, 9.17) is 4.74 Å². The first-order chi connectivity index (χ1) is 13.0. The number of amides is 1. The van der Waals surface area contributed by atoms with Gasteiger partial charge in [-0.25, -0.2) is 0 Å². The molecule has 0 saturated carbocycles. The summed E-state index contributed by atoms with van der Waals surface area (Å²) in [4.78, 5) is 13.0. The second kappa shape index (κ2) is 8.71. The van der Waals surface area contributed by atoms with Crippen molar-refractivity contribution in [3.05, 3.63) is 64.6 Å². The minimum Gasteiger partial charge on any atom is -0.496 e. The third kappa shape index (κ3) is 4.99. The number of alkyl halides is 2. The molecule has 0 aliphatic rings. The fraction of sp³-hybridized carbons (Fsp3) is 0.150. The van der Waals surface area contributed by atoms with Crippen LogP contribution in [0.15, 0.2) is 64.0 Å². The van der Waals surface area contributed by atoms with Crippen molar-refractivity contribution in [2.75, 3.05) is 12.4 Å². The van der Waals surface area contributed by atoms with Gasteiger partial charge in [-0.15, -0.1) is 0 Å². The highest BCUT2D eigenvalue weighted by Gasteiger charge is 2.14. The topological polar surface area (TPSA) is 38.3 Å². The highest BCUT2D eigenvalue weighted by atomic mass is 79.9. The maximum absolute atomic E-state index is 12.5. The minimum atomic E-state index is -2.47. The number of methoxy groups -OCH3 is 1. The van der Waals surface area contributed by atoms with Crippen LogP contribution in [0.1, 0.15) is 5.56 Å². The fourth-order valence-electron chi connectivity index (χ4n) is 2.80. The number of rotatable bonds is 6. The van der Waals surface area contributed by atoms with Gasteiger partial charge < -0.3 is 10.1 Å². The van der Waals surface area contributed by atoms with Crippen molar-refractivity contribution in [1.82, 2.24) is 0 Å². The van der Waals surface area contributed by atoms with Crippen molar-refractivity contribution in [3.63, 3.8) is 0 Å². The lowest BCUT2D eigenvalue weighted by molar-refractivity contribution is -0.115. The van der Waals surface area contributed by atoms with Crippen LogP contribution >= 0.6 is 27.7 Å². The van der Waals surface area contributed by atoms with Crippen LogP contribution in [0, 0.1) is 0 Å². The number of benzene rings is 3. The summed E-state index contributed by atoms with van der Waals surface area (Å²) in [6.07, 6.45) is 0.135. The lowest BCUT2D eigenvalue weighted by Crippen LogP contribution is -2.15. The lowest BCUT2D eigenvalue weighted by Gasteiger charge is -2.13. The first kappa shape index (κ1) is 19.6. The van der Waals surface area contributed by atoms with E-state index in [1.807, 2.05) is 30.3 Å². The number of carbonyl (C=O) groups is 1. The van der Waals surface area contributed by atoms with Crippen LogP contribution in [0.4, 0.5) is 14.5 Å². The van der Waals surface area contributed by atoms with Gasteiger partial charge in [0.25, 0.3) is 5.76 Å². The SMILES string of the molecule is COc1ccc2cc(Br)ccc2c1CC(=O)Nc1ccc(SC(F)F)cc1. The Morgan fingerprint density at radius 2 is 1.89 bits per heavy atom. The predicted molar refractivity (Wildman–Crippen MR) is 109 cm³/mol. The Bertz CT molecular complexity index is 964. The number of ether oxygens (including phenoxy) is 1. The molecular weight excluding hydrogens is 436 g/mol. The smallest absolute Gasteiger partial charge is 0.288 e. The number of carbonyl (C=O) groups excluding carboxylic acids is 1. The second-order valence-corrected chi connectivity index (χ2v) is 7.72. The van der Waals surface area contributed by atoms with Crippen LogP contribution in [0.3, 0.4) is 0 Å². The van der Waals surface area contributed by atoms with E-state index in [-0.39, 0.29) is 12.3 Å². The maximum atomic E-state index is 12.5.